The second-order valence-electron chi connectivity index (χ2n) is 4.35. The van der Waals surface area contributed by atoms with Gasteiger partial charge in [0.25, 0.3) is 0 Å². The lowest BCUT2D eigenvalue weighted by Crippen LogP contribution is -2.56. The summed E-state index contributed by atoms with van der Waals surface area (Å²) in [7, 11) is 0. The van der Waals surface area contributed by atoms with Gasteiger partial charge in [0.2, 0.25) is 0 Å². The minimum Gasteiger partial charge on any atom is -0.316 e. The van der Waals surface area contributed by atoms with Gasteiger partial charge in [-0.1, -0.05) is 12.3 Å². The predicted octanol–water partition coefficient (Wildman–Crippen LogP) is 1.21. The first-order valence-corrected chi connectivity index (χ1v) is 5.06. The van der Waals surface area contributed by atoms with Gasteiger partial charge >= 0.3 is 0 Å². The Balaban J connectivity index is 2.62. The van der Waals surface area contributed by atoms with Gasteiger partial charge in [0, 0.05) is 5.54 Å². The molecule has 2 heteroatoms. The van der Waals surface area contributed by atoms with Gasteiger partial charge < -0.3 is 5.73 Å². The zero-order valence-corrected chi connectivity index (χ0v) is 8.71. The van der Waals surface area contributed by atoms with Crippen molar-refractivity contribution in [3.05, 3.63) is 0 Å². The van der Waals surface area contributed by atoms with Gasteiger partial charge in [-0.25, -0.2) is 0 Å². The number of nitrogens with zero attached hydrogens (tertiary/aromatic N) is 1. The van der Waals surface area contributed by atoms with E-state index in [1.54, 1.807) is 0 Å². The maximum atomic E-state index is 5.90. The summed E-state index contributed by atoms with van der Waals surface area (Å²) in [6.45, 7) is 6.57. The average Bonchev–Trinajstić information content (AvgIpc) is 2.18. The fourth-order valence-electron chi connectivity index (χ4n) is 1.87. The number of likely N-dealkylation sites (tertiary alicyclic amines) is 1. The maximum Gasteiger partial charge on any atom is 0.0843 e. The number of terminal acetylenes is 1. The summed E-state index contributed by atoms with van der Waals surface area (Å²) in [5.74, 6) is 2.64. The van der Waals surface area contributed by atoms with Crippen LogP contribution in [0.5, 0.6) is 0 Å². The molecule has 1 saturated heterocycles. The molecule has 1 aliphatic rings. The van der Waals surface area contributed by atoms with E-state index >= 15 is 0 Å². The molecule has 13 heavy (non-hydrogen) atoms. The normalized spacial score (nSPS) is 22.3. The summed E-state index contributed by atoms with van der Waals surface area (Å²) in [6.07, 6.45) is 9.27. The molecule has 0 aromatic carbocycles. The summed E-state index contributed by atoms with van der Waals surface area (Å²) in [5.41, 5.74) is 5.86. The van der Waals surface area contributed by atoms with Crippen molar-refractivity contribution in [3.63, 3.8) is 0 Å². The molecule has 2 nitrogen and oxygen atoms in total. The van der Waals surface area contributed by atoms with Crippen LogP contribution in [0.4, 0.5) is 0 Å². The molecule has 1 heterocycles. The smallest absolute Gasteiger partial charge is 0.0843 e. The van der Waals surface area contributed by atoms with Crippen LogP contribution < -0.4 is 5.73 Å². The number of rotatable bonds is 2. The fraction of sp³-hybridized carbons (Fsp3) is 0.818. The van der Waals surface area contributed by atoms with Crippen LogP contribution in [0.15, 0.2) is 0 Å². The Kier molecular flexibility index (Phi) is 3.35. The van der Waals surface area contributed by atoms with Crippen LogP contribution in [0, 0.1) is 12.3 Å². The molecule has 0 amide bonds. The molecular weight excluding hydrogens is 160 g/mol. The molecular formula is C11H20N2. The summed E-state index contributed by atoms with van der Waals surface area (Å²) >= 11 is 0. The molecule has 1 aliphatic heterocycles. The van der Waals surface area contributed by atoms with Crippen LogP contribution in [0.2, 0.25) is 0 Å². The van der Waals surface area contributed by atoms with Crippen molar-refractivity contribution in [1.29, 1.82) is 0 Å². The van der Waals surface area contributed by atoms with E-state index in [1.807, 2.05) is 0 Å². The number of hydrogen-bond acceptors (Lipinski definition) is 2. The highest BCUT2D eigenvalue weighted by Gasteiger charge is 2.32. The van der Waals surface area contributed by atoms with E-state index in [2.05, 4.69) is 24.7 Å². The first-order valence-electron chi connectivity index (χ1n) is 5.06. The highest BCUT2D eigenvalue weighted by Crippen LogP contribution is 2.22. The first-order chi connectivity index (χ1) is 6.09. The minimum absolute atomic E-state index is 0.0465. The molecule has 0 aromatic heterocycles. The van der Waals surface area contributed by atoms with Crippen molar-refractivity contribution in [1.82, 2.24) is 4.90 Å². The number of hydrogen-bond donors (Lipinski definition) is 1. The van der Waals surface area contributed by atoms with Crippen LogP contribution >= 0.6 is 0 Å². The molecule has 0 radical (unpaired) electrons. The predicted molar refractivity (Wildman–Crippen MR) is 56.3 cm³/mol. The van der Waals surface area contributed by atoms with Gasteiger partial charge in [0.05, 0.1) is 6.04 Å². The van der Waals surface area contributed by atoms with E-state index in [1.165, 1.54) is 19.3 Å². The highest BCUT2D eigenvalue weighted by molar-refractivity contribution is 5.09. The topological polar surface area (TPSA) is 29.3 Å². The second kappa shape index (κ2) is 4.13. The Morgan fingerprint density at radius 1 is 1.31 bits per heavy atom. The lowest BCUT2D eigenvalue weighted by molar-refractivity contribution is 0.0873. The fourth-order valence-corrected chi connectivity index (χ4v) is 1.87. The molecule has 0 spiro atoms. The molecule has 1 fully saturated rings. The molecule has 1 unspecified atom stereocenters. The molecule has 1 atom stereocenters. The third-order valence-corrected chi connectivity index (χ3v) is 3.11. The number of piperidine rings is 1. The molecule has 1 rings (SSSR count). The molecule has 2 N–H and O–H groups in total. The van der Waals surface area contributed by atoms with Crippen LogP contribution in [-0.4, -0.2) is 29.6 Å². The van der Waals surface area contributed by atoms with Gasteiger partial charge in [-0.2, -0.15) is 0 Å². The van der Waals surface area contributed by atoms with Crippen molar-refractivity contribution in [2.75, 3.05) is 13.1 Å². The average molecular weight is 180 g/mol. The molecule has 0 aromatic rings. The van der Waals surface area contributed by atoms with Crippen LogP contribution in [0.3, 0.4) is 0 Å². The van der Waals surface area contributed by atoms with Crippen molar-refractivity contribution < 1.29 is 0 Å². The van der Waals surface area contributed by atoms with Gasteiger partial charge in [0.1, 0.15) is 0 Å². The van der Waals surface area contributed by atoms with E-state index in [0.717, 1.165) is 13.1 Å². The van der Waals surface area contributed by atoms with Gasteiger partial charge in [0.15, 0.2) is 0 Å². The second-order valence-corrected chi connectivity index (χ2v) is 4.35. The Labute approximate surface area is 81.5 Å². The van der Waals surface area contributed by atoms with E-state index < -0.39 is 0 Å². The van der Waals surface area contributed by atoms with E-state index in [4.69, 9.17) is 12.2 Å². The number of nitrogens with two attached hydrogens (primary N) is 1. The lowest BCUT2D eigenvalue weighted by atomic mass is 9.91. The first kappa shape index (κ1) is 10.6. The van der Waals surface area contributed by atoms with Gasteiger partial charge in [-0.05, 0) is 39.8 Å². The van der Waals surface area contributed by atoms with E-state index in [-0.39, 0.29) is 11.6 Å². The van der Waals surface area contributed by atoms with Crippen molar-refractivity contribution >= 4 is 0 Å². The van der Waals surface area contributed by atoms with Crippen LogP contribution in [-0.2, 0) is 0 Å². The Hall–Kier alpha value is -0.520. The largest absolute Gasteiger partial charge is 0.316 e. The van der Waals surface area contributed by atoms with E-state index in [9.17, 15) is 0 Å². The molecule has 0 bridgehead atoms. The lowest BCUT2D eigenvalue weighted by Gasteiger charge is -2.42. The zero-order chi connectivity index (χ0) is 9.90. The van der Waals surface area contributed by atoms with E-state index in [0.29, 0.717) is 0 Å². The van der Waals surface area contributed by atoms with Crippen LogP contribution in [0.25, 0.3) is 0 Å². The monoisotopic (exact) mass is 180 g/mol. The quantitative estimate of drug-likeness (QED) is 0.647. The molecule has 0 aliphatic carbocycles. The third kappa shape index (κ3) is 2.24. The molecule has 74 valence electrons. The standard InChI is InChI=1S/C11H20N2/c1-4-10(12)11(2,3)13-8-6-5-7-9-13/h1,10H,5-9,12H2,2-3H3. The maximum absolute atomic E-state index is 5.90. The van der Waals surface area contributed by atoms with Crippen molar-refractivity contribution in [2.24, 2.45) is 5.73 Å². The van der Waals surface area contributed by atoms with Gasteiger partial charge in [-0.3, -0.25) is 4.90 Å². The Morgan fingerprint density at radius 2 is 1.85 bits per heavy atom. The zero-order valence-electron chi connectivity index (χ0n) is 8.71. The summed E-state index contributed by atoms with van der Waals surface area (Å²) in [4.78, 5) is 2.42. The SMILES string of the molecule is C#CC(N)C(C)(C)N1CCCCC1. The minimum atomic E-state index is -0.161. The highest BCUT2D eigenvalue weighted by atomic mass is 15.2. The summed E-state index contributed by atoms with van der Waals surface area (Å²) < 4.78 is 0. The summed E-state index contributed by atoms with van der Waals surface area (Å²) in [6, 6.07) is -0.161. The van der Waals surface area contributed by atoms with Crippen molar-refractivity contribution in [3.8, 4) is 12.3 Å². The molecule has 0 saturated carbocycles. The van der Waals surface area contributed by atoms with Gasteiger partial charge in [-0.15, -0.1) is 6.42 Å². The van der Waals surface area contributed by atoms with Crippen LogP contribution in [0.1, 0.15) is 33.1 Å². The Bertz CT molecular complexity index is 197. The summed E-state index contributed by atoms with van der Waals surface area (Å²) in [5, 5.41) is 0. The van der Waals surface area contributed by atoms with Crippen molar-refractivity contribution in [2.45, 2.75) is 44.7 Å². The Morgan fingerprint density at radius 3 is 2.31 bits per heavy atom. The third-order valence-electron chi connectivity index (χ3n) is 3.11.